The fourth-order valence-electron chi connectivity index (χ4n) is 2.18. The summed E-state index contributed by atoms with van der Waals surface area (Å²) in [5, 5.41) is 13.3. The first-order valence-electron chi connectivity index (χ1n) is 7.26. The monoisotopic (exact) mass is 346 g/mol. The quantitative estimate of drug-likeness (QED) is 0.509. The molecule has 2 rings (SSSR count). The number of carbonyl (C=O) groups is 2. The van der Waals surface area contributed by atoms with Crippen LogP contribution in [0.25, 0.3) is 0 Å². The van der Waals surface area contributed by atoms with Gasteiger partial charge in [-0.05, 0) is 37.6 Å². The van der Waals surface area contributed by atoms with Crippen molar-refractivity contribution in [1.29, 1.82) is 0 Å². The average molecular weight is 346 g/mol. The van der Waals surface area contributed by atoms with E-state index >= 15 is 0 Å². The molecule has 0 fully saturated rings. The number of ether oxygens (including phenoxy) is 1. The number of nitrogens with zero attached hydrogens (tertiary/aromatic N) is 1. The molecule has 0 saturated heterocycles. The van der Waals surface area contributed by atoms with Gasteiger partial charge in [0.25, 0.3) is 11.6 Å². The smallest absolute Gasteiger partial charge is 0.345 e. The van der Waals surface area contributed by atoms with E-state index < -0.39 is 29.2 Å². The number of halogens is 1. The van der Waals surface area contributed by atoms with Crippen LogP contribution < -0.4 is 5.32 Å². The summed E-state index contributed by atoms with van der Waals surface area (Å²) >= 11 is 0. The van der Waals surface area contributed by atoms with Crippen LogP contribution in [0.1, 0.15) is 21.5 Å². The van der Waals surface area contributed by atoms with Crippen LogP contribution in [0.2, 0.25) is 0 Å². The molecule has 1 N–H and O–H groups in total. The summed E-state index contributed by atoms with van der Waals surface area (Å²) in [6, 6.07) is 8.45. The summed E-state index contributed by atoms with van der Waals surface area (Å²) in [7, 11) is 0. The second-order valence-electron chi connectivity index (χ2n) is 5.34. The molecule has 0 aliphatic carbocycles. The van der Waals surface area contributed by atoms with Crippen molar-refractivity contribution in [3.8, 4) is 0 Å². The zero-order chi connectivity index (χ0) is 18.6. The number of nitrogens with one attached hydrogen (secondary N) is 1. The molecule has 25 heavy (non-hydrogen) atoms. The molecule has 0 atom stereocenters. The van der Waals surface area contributed by atoms with E-state index in [-0.39, 0.29) is 16.9 Å². The molecular formula is C17H15FN2O5. The molecule has 130 valence electrons. The number of nitro groups is 1. The third-order valence-corrected chi connectivity index (χ3v) is 3.37. The van der Waals surface area contributed by atoms with Gasteiger partial charge >= 0.3 is 5.97 Å². The van der Waals surface area contributed by atoms with Gasteiger partial charge in [-0.15, -0.1) is 0 Å². The van der Waals surface area contributed by atoms with E-state index in [2.05, 4.69) is 5.32 Å². The Bertz CT molecular complexity index is 851. The topological polar surface area (TPSA) is 98.5 Å². The van der Waals surface area contributed by atoms with E-state index in [0.717, 1.165) is 0 Å². The van der Waals surface area contributed by atoms with Crippen LogP contribution in [0, 0.1) is 29.8 Å². The van der Waals surface area contributed by atoms with Crippen molar-refractivity contribution in [1.82, 2.24) is 0 Å². The van der Waals surface area contributed by atoms with Gasteiger partial charge in [-0.25, -0.2) is 9.18 Å². The van der Waals surface area contributed by atoms with E-state index in [9.17, 15) is 24.1 Å². The highest BCUT2D eigenvalue weighted by Gasteiger charge is 2.24. The Balaban J connectivity index is 2.04. The van der Waals surface area contributed by atoms with Crippen molar-refractivity contribution in [3.63, 3.8) is 0 Å². The lowest BCUT2D eigenvalue weighted by molar-refractivity contribution is -0.385. The highest BCUT2D eigenvalue weighted by molar-refractivity contribution is 5.97. The Hall–Kier alpha value is -3.29. The summed E-state index contributed by atoms with van der Waals surface area (Å²) in [5.41, 5.74) is 0.310. The Morgan fingerprint density at radius 2 is 1.96 bits per heavy atom. The first-order chi connectivity index (χ1) is 11.8. The lowest BCUT2D eigenvalue weighted by Crippen LogP contribution is -2.22. The number of aryl methyl sites for hydroxylation is 2. The number of nitro benzene ring substituents is 1. The minimum absolute atomic E-state index is 0.0480. The van der Waals surface area contributed by atoms with Crippen molar-refractivity contribution in [3.05, 3.63) is 69.0 Å². The van der Waals surface area contributed by atoms with Crippen LogP contribution in [0.3, 0.4) is 0 Å². The highest BCUT2D eigenvalue weighted by atomic mass is 19.1. The van der Waals surface area contributed by atoms with Crippen LogP contribution in [0.15, 0.2) is 36.4 Å². The molecule has 0 heterocycles. The van der Waals surface area contributed by atoms with Crippen LogP contribution in [-0.4, -0.2) is 23.4 Å². The van der Waals surface area contributed by atoms with Crippen molar-refractivity contribution >= 4 is 23.3 Å². The van der Waals surface area contributed by atoms with E-state index in [1.54, 1.807) is 13.0 Å². The van der Waals surface area contributed by atoms with Gasteiger partial charge in [-0.3, -0.25) is 14.9 Å². The lowest BCUT2D eigenvalue weighted by Gasteiger charge is -2.08. The molecule has 0 aliphatic rings. The number of para-hydroxylation sites is 1. The summed E-state index contributed by atoms with van der Waals surface area (Å²) in [6.07, 6.45) is 0. The fourth-order valence-corrected chi connectivity index (χ4v) is 2.18. The first kappa shape index (κ1) is 18.1. The van der Waals surface area contributed by atoms with Crippen LogP contribution in [0.4, 0.5) is 15.8 Å². The molecule has 0 unspecified atom stereocenters. The standard InChI is InChI=1S/C17H15FN2O5/c1-10-6-7-14(13(18)8-10)19-15(21)9-25-17(22)12-5-3-4-11(2)16(12)20(23)24/h3-8H,9H2,1-2H3,(H,19,21). The van der Waals surface area contributed by atoms with Crippen molar-refractivity contribution in [2.75, 3.05) is 11.9 Å². The van der Waals surface area contributed by atoms with E-state index in [1.807, 2.05) is 0 Å². The number of carbonyl (C=O) groups excluding carboxylic acids is 2. The molecule has 0 aromatic heterocycles. The zero-order valence-electron chi connectivity index (χ0n) is 13.5. The molecular weight excluding hydrogens is 331 g/mol. The summed E-state index contributed by atoms with van der Waals surface area (Å²) in [4.78, 5) is 34.2. The van der Waals surface area contributed by atoms with Gasteiger partial charge in [0, 0.05) is 5.56 Å². The molecule has 0 spiro atoms. The molecule has 8 heteroatoms. The molecule has 0 bridgehead atoms. The van der Waals surface area contributed by atoms with E-state index in [1.165, 1.54) is 37.3 Å². The van der Waals surface area contributed by atoms with Crippen LogP contribution in [0.5, 0.6) is 0 Å². The summed E-state index contributed by atoms with van der Waals surface area (Å²) < 4.78 is 18.5. The Labute approximate surface area is 142 Å². The lowest BCUT2D eigenvalue weighted by atomic mass is 10.1. The Kier molecular flexibility index (Phi) is 5.43. The molecule has 0 saturated carbocycles. The highest BCUT2D eigenvalue weighted by Crippen LogP contribution is 2.23. The van der Waals surface area contributed by atoms with Crippen LogP contribution >= 0.6 is 0 Å². The molecule has 0 aliphatic heterocycles. The molecule has 2 aromatic rings. The van der Waals surface area contributed by atoms with Gasteiger partial charge in [0.15, 0.2) is 6.61 Å². The Morgan fingerprint density at radius 3 is 2.60 bits per heavy atom. The molecule has 2 aromatic carbocycles. The summed E-state index contributed by atoms with van der Waals surface area (Å²) in [5.74, 6) is -2.38. The zero-order valence-corrected chi connectivity index (χ0v) is 13.5. The van der Waals surface area contributed by atoms with Gasteiger partial charge in [0.2, 0.25) is 0 Å². The van der Waals surface area contributed by atoms with E-state index in [0.29, 0.717) is 11.1 Å². The predicted octanol–water partition coefficient (Wildman–Crippen LogP) is 3.15. The SMILES string of the molecule is Cc1ccc(NC(=O)COC(=O)c2cccc(C)c2[N+](=O)[O-])c(F)c1. The second-order valence-corrected chi connectivity index (χ2v) is 5.34. The van der Waals surface area contributed by atoms with Gasteiger partial charge in [0.1, 0.15) is 11.4 Å². The normalized spacial score (nSPS) is 10.2. The number of esters is 1. The predicted molar refractivity (Wildman–Crippen MR) is 87.9 cm³/mol. The van der Waals surface area contributed by atoms with E-state index in [4.69, 9.17) is 4.74 Å². The Morgan fingerprint density at radius 1 is 1.24 bits per heavy atom. The van der Waals surface area contributed by atoms with Gasteiger partial charge in [-0.2, -0.15) is 0 Å². The number of anilines is 1. The minimum atomic E-state index is -1.00. The second kappa shape index (κ2) is 7.52. The average Bonchev–Trinajstić information content (AvgIpc) is 2.54. The summed E-state index contributed by atoms with van der Waals surface area (Å²) in [6.45, 7) is 2.49. The minimum Gasteiger partial charge on any atom is -0.452 e. The third-order valence-electron chi connectivity index (χ3n) is 3.37. The maximum atomic E-state index is 13.7. The molecule has 0 radical (unpaired) electrons. The maximum absolute atomic E-state index is 13.7. The maximum Gasteiger partial charge on any atom is 0.345 e. The van der Waals surface area contributed by atoms with Gasteiger partial charge < -0.3 is 10.1 Å². The number of hydrogen-bond donors (Lipinski definition) is 1. The number of hydrogen-bond acceptors (Lipinski definition) is 5. The largest absolute Gasteiger partial charge is 0.452 e. The number of rotatable bonds is 5. The number of benzene rings is 2. The van der Waals surface area contributed by atoms with Gasteiger partial charge in [0.05, 0.1) is 10.6 Å². The van der Waals surface area contributed by atoms with Crippen molar-refractivity contribution in [2.24, 2.45) is 0 Å². The van der Waals surface area contributed by atoms with Crippen molar-refractivity contribution < 1.29 is 23.6 Å². The van der Waals surface area contributed by atoms with Gasteiger partial charge in [-0.1, -0.05) is 18.2 Å². The third kappa shape index (κ3) is 4.37. The number of amides is 1. The molecule has 7 nitrogen and oxygen atoms in total. The van der Waals surface area contributed by atoms with Crippen molar-refractivity contribution in [2.45, 2.75) is 13.8 Å². The fraction of sp³-hybridized carbons (Fsp3) is 0.176. The molecule has 1 amide bonds. The first-order valence-corrected chi connectivity index (χ1v) is 7.26. The van der Waals surface area contributed by atoms with Crippen LogP contribution in [-0.2, 0) is 9.53 Å².